The van der Waals surface area contributed by atoms with Gasteiger partial charge in [0.25, 0.3) is 0 Å². The number of hydrogen-bond donors (Lipinski definition) is 2. The number of amides is 1. The molecule has 3 aliphatic rings. The summed E-state index contributed by atoms with van der Waals surface area (Å²) in [5.74, 6) is -3.71. The fourth-order valence-electron chi connectivity index (χ4n) is 4.37. The number of carbonyl (C=O) groups is 3. The Morgan fingerprint density at radius 2 is 1.59 bits per heavy atom. The minimum atomic E-state index is -5.08. The first kappa shape index (κ1) is 30.3. The van der Waals surface area contributed by atoms with Crippen LogP contribution in [0.5, 0.6) is 0 Å². The van der Waals surface area contributed by atoms with Crippen LogP contribution < -0.4 is 4.90 Å². The molecular weight excluding hydrogens is 516 g/mol. The maximum absolute atomic E-state index is 12.5. The second-order valence-corrected chi connectivity index (χ2v) is 8.99. The van der Waals surface area contributed by atoms with E-state index in [1.807, 2.05) is 23.1 Å². The Labute approximate surface area is 208 Å². The van der Waals surface area contributed by atoms with Crippen LogP contribution in [-0.4, -0.2) is 89.7 Å². The van der Waals surface area contributed by atoms with E-state index in [0.717, 1.165) is 51.0 Å². The molecule has 0 saturated carbocycles. The number of alkyl halides is 6. The van der Waals surface area contributed by atoms with Crippen molar-refractivity contribution < 1.29 is 55.7 Å². The van der Waals surface area contributed by atoms with Crippen molar-refractivity contribution in [3.05, 3.63) is 24.4 Å². The minimum absolute atomic E-state index is 0.139. The molecule has 1 aromatic rings. The van der Waals surface area contributed by atoms with Crippen LogP contribution in [0.4, 0.5) is 32.2 Å². The van der Waals surface area contributed by atoms with Crippen molar-refractivity contribution in [2.24, 2.45) is 11.3 Å². The van der Waals surface area contributed by atoms with Crippen LogP contribution in [-0.2, 0) is 19.1 Å². The molecule has 1 amide bonds. The number of carboxylic acids is 2. The summed E-state index contributed by atoms with van der Waals surface area (Å²) in [4.78, 5) is 39.1. The van der Waals surface area contributed by atoms with Crippen molar-refractivity contribution in [1.29, 1.82) is 0 Å². The van der Waals surface area contributed by atoms with E-state index in [1.54, 1.807) is 6.20 Å². The largest absolute Gasteiger partial charge is 0.490 e. The molecule has 1 unspecified atom stereocenters. The predicted molar refractivity (Wildman–Crippen MR) is 116 cm³/mol. The lowest BCUT2D eigenvalue weighted by Crippen LogP contribution is -2.34. The van der Waals surface area contributed by atoms with Crippen LogP contribution in [0.15, 0.2) is 24.4 Å². The van der Waals surface area contributed by atoms with Crippen molar-refractivity contribution in [2.75, 3.05) is 44.3 Å². The SMILES string of the molecule is O=C(O)C(F)(F)F.O=C(O)C(F)(F)F.O=C1CC2(CCN(CC3CCOCC3)C2)CN1c1ccccn1. The summed E-state index contributed by atoms with van der Waals surface area (Å²) in [5, 5.41) is 14.2. The van der Waals surface area contributed by atoms with Gasteiger partial charge in [-0.25, -0.2) is 14.6 Å². The van der Waals surface area contributed by atoms with Gasteiger partial charge in [0.05, 0.1) is 0 Å². The lowest BCUT2D eigenvalue weighted by Gasteiger charge is -2.28. The maximum Gasteiger partial charge on any atom is 0.490 e. The van der Waals surface area contributed by atoms with E-state index in [1.165, 1.54) is 19.4 Å². The van der Waals surface area contributed by atoms with Gasteiger partial charge in [-0.05, 0) is 43.9 Å². The smallest absolute Gasteiger partial charge is 0.475 e. The molecule has 0 aliphatic carbocycles. The zero-order valence-corrected chi connectivity index (χ0v) is 19.6. The van der Waals surface area contributed by atoms with Gasteiger partial charge in [0.1, 0.15) is 5.82 Å². The van der Waals surface area contributed by atoms with Gasteiger partial charge >= 0.3 is 24.3 Å². The number of nitrogens with zero attached hydrogens (tertiary/aromatic N) is 3. The molecule has 3 saturated heterocycles. The zero-order valence-electron chi connectivity index (χ0n) is 19.6. The van der Waals surface area contributed by atoms with Crippen molar-refractivity contribution in [2.45, 2.75) is 38.0 Å². The summed E-state index contributed by atoms with van der Waals surface area (Å²) in [7, 11) is 0. The third-order valence-electron chi connectivity index (χ3n) is 6.11. The number of pyridine rings is 1. The van der Waals surface area contributed by atoms with Gasteiger partial charge < -0.3 is 19.8 Å². The summed E-state index contributed by atoms with van der Waals surface area (Å²) >= 11 is 0. The van der Waals surface area contributed by atoms with E-state index < -0.39 is 24.3 Å². The second-order valence-electron chi connectivity index (χ2n) is 8.99. The van der Waals surface area contributed by atoms with Gasteiger partial charge in [0.15, 0.2) is 0 Å². The lowest BCUT2D eigenvalue weighted by atomic mass is 9.86. The standard InChI is InChI=1S/C18H25N3O2.2C2HF3O2/c22-17-11-18(14-21(17)16-3-1-2-7-19-16)6-8-20(13-18)12-15-4-9-23-10-5-15;2*3-2(4,5)1(6)7/h1-3,7,15H,4-6,8-14H2;2*(H,6,7). The molecule has 1 aromatic heterocycles. The minimum Gasteiger partial charge on any atom is -0.475 e. The Bertz CT molecular complexity index is 900. The summed E-state index contributed by atoms with van der Waals surface area (Å²) in [6.07, 6.45) is -4.23. The topological polar surface area (TPSA) is 120 Å². The summed E-state index contributed by atoms with van der Waals surface area (Å²) in [6.45, 7) is 6.00. The number of rotatable bonds is 3. The molecule has 0 aromatic carbocycles. The van der Waals surface area contributed by atoms with Crippen molar-refractivity contribution in [1.82, 2.24) is 9.88 Å². The van der Waals surface area contributed by atoms with E-state index >= 15 is 0 Å². The van der Waals surface area contributed by atoms with Gasteiger partial charge in [-0.2, -0.15) is 26.3 Å². The molecule has 1 spiro atoms. The Hall–Kier alpha value is -2.94. The first-order valence-corrected chi connectivity index (χ1v) is 11.2. The molecular formula is C22H27F6N3O6. The molecule has 4 heterocycles. The van der Waals surface area contributed by atoms with E-state index in [-0.39, 0.29) is 11.3 Å². The van der Waals surface area contributed by atoms with Gasteiger partial charge in [-0.1, -0.05) is 6.07 Å². The first-order valence-electron chi connectivity index (χ1n) is 11.2. The summed E-state index contributed by atoms with van der Waals surface area (Å²) in [5.41, 5.74) is 0.139. The van der Waals surface area contributed by atoms with Crippen LogP contribution in [0.25, 0.3) is 0 Å². The van der Waals surface area contributed by atoms with Crippen LogP contribution in [0.3, 0.4) is 0 Å². The number of hydrogen-bond acceptors (Lipinski definition) is 6. The molecule has 15 heteroatoms. The highest BCUT2D eigenvalue weighted by atomic mass is 19.4. The molecule has 2 N–H and O–H groups in total. The number of ether oxygens (including phenoxy) is 1. The van der Waals surface area contributed by atoms with Crippen molar-refractivity contribution >= 4 is 23.7 Å². The number of likely N-dealkylation sites (tertiary alicyclic amines) is 1. The molecule has 3 aliphatic heterocycles. The third kappa shape index (κ3) is 9.46. The van der Waals surface area contributed by atoms with Gasteiger partial charge in [-0.3, -0.25) is 9.69 Å². The monoisotopic (exact) mass is 543 g/mol. The average molecular weight is 543 g/mol. The molecule has 3 fully saturated rings. The summed E-state index contributed by atoms with van der Waals surface area (Å²) in [6, 6.07) is 5.78. The highest BCUT2D eigenvalue weighted by Crippen LogP contribution is 2.41. The number of aromatic nitrogens is 1. The van der Waals surface area contributed by atoms with Gasteiger partial charge in [-0.15, -0.1) is 0 Å². The van der Waals surface area contributed by atoms with Crippen molar-refractivity contribution in [3.63, 3.8) is 0 Å². The maximum atomic E-state index is 12.5. The number of aliphatic carboxylic acids is 2. The number of anilines is 1. The molecule has 0 radical (unpaired) electrons. The van der Waals surface area contributed by atoms with E-state index in [2.05, 4.69) is 9.88 Å². The lowest BCUT2D eigenvalue weighted by molar-refractivity contribution is -0.193. The number of carbonyl (C=O) groups excluding carboxylic acids is 1. The van der Waals surface area contributed by atoms with E-state index in [0.29, 0.717) is 6.42 Å². The number of carboxylic acid groups (broad SMARTS) is 2. The Morgan fingerprint density at radius 3 is 2.08 bits per heavy atom. The Morgan fingerprint density at radius 1 is 1.03 bits per heavy atom. The molecule has 37 heavy (non-hydrogen) atoms. The van der Waals surface area contributed by atoms with Crippen molar-refractivity contribution in [3.8, 4) is 0 Å². The van der Waals surface area contributed by atoms with Crippen LogP contribution in [0.2, 0.25) is 0 Å². The van der Waals surface area contributed by atoms with E-state index in [9.17, 15) is 31.1 Å². The molecule has 1 atom stereocenters. The van der Waals surface area contributed by atoms with Crippen LogP contribution >= 0.6 is 0 Å². The van der Waals surface area contributed by atoms with Crippen LogP contribution in [0, 0.1) is 11.3 Å². The number of halogens is 6. The highest BCUT2D eigenvalue weighted by molar-refractivity contribution is 5.95. The molecule has 208 valence electrons. The Balaban J connectivity index is 0.000000286. The molecule has 9 nitrogen and oxygen atoms in total. The third-order valence-corrected chi connectivity index (χ3v) is 6.11. The molecule has 0 bridgehead atoms. The van der Waals surface area contributed by atoms with Gasteiger partial charge in [0, 0.05) is 50.9 Å². The average Bonchev–Trinajstić information content (AvgIpc) is 3.36. The first-order chi connectivity index (χ1) is 17.1. The predicted octanol–water partition coefficient (Wildman–Crippen LogP) is 3.20. The quantitative estimate of drug-likeness (QED) is 0.558. The Kier molecular flexibility index (Phi) is 10.3. The fraction of sp³-hybridized carbons (Fsp3) is 0.636. The van der Waals surface area contributed by atoms with E-state index in [4.69, 9.17) is 24.5 Å². The second kappa shape index (κ2) is 12.5. The molecule has 4 rings (SSSR count). The van der Waals surface area contributed by atoms with Crippen LogP contribution in [0.1, 0.15) is 25.7 Å². The zero-order chi connectivity index (χ0) is 27.9. The normalized spacial score (nSPS) is 22.8. The highest BCUT2D eigenvalue weighted by Gasteiger charge is 2.48. The fourth-order valence-corrected chi connectivity index (χ4v) is 4.37. The summed E-state index contributed by atoms with van der Waals surface area (Å²) < 4.78 is 68.9. The van der Waals surface area contributed by atoms with Gasteiger partial charge in [0.2, 0.25) is 5.91 Å².